The summed E-state index contributed by atoms with van der Waals surface area (Å²) >= 11 is 3.46. The Bertz CT molecular complexity index is 1140. The zero-order chi connectivity index (χ0) is 19.4. The average Bonchev–Trinajstić information content (AvgIpc) is 3.10. The molecule has 1 aliphatic rings. The lowest BCUT2D eigenvalue weighted by Gasteiger charge is -2.38. The second kappa shape index (κ2) is 6.39. The number of rotatable bonds is 3. The first-order valence-corrected chi connectivity index (χ1v) is 11.2. The molecule has 0 aliphatic carbocycles. The largest absolute Gasteiger partial charge is 0.388 e. The first kappa shape index (κ1) is 18.6. The smallest absolute Gasteiger partial charge is 0.249 e. The van der Waals surface area contributed by atoms with Crippen LogP contribution in [0.25, 0.3) is 16.4 Å². The van der Waals surface area contributed by atoms with Gasteiger partial charge in [-0.3, -0.25) is 0 Å². The van der Waals surface area contributed by atoms with Crippen molar-refractivity contribution in [1.82, 2.24) is 19.6 Å². The Kier molecular flexibility index (Phi) is 4.39. The van der Waals surface area contributed by atoms with Crippen molar-refractivity contribution >= 4 is 48.0 Å². The van der Waals surface area contributed by atoms with Crippen LogP contribution in [0.15, 0.2) is 28.1 Å². The third-order valence-electron chi connectivity index (χ3n) is 4.89. The number of β-amino-alcohol motifs (C(OH)–C–C–N with tert-alkyl or cyclic N) is 1. The standard InChI is InChI=1S/C17H20BrN5O3S/c1-3-27(25,26)16-20-11-9-13(18)23-12(5-7-19-23)14(11)15(21-16)22-8-4-6-17(2,24)10-22/h5,7,9,24H,3-4,6,8,10H2,1-2H3/t17-/m1/s1. The fourth-order valence-corrected chi connectivity index (χ4v) is 4.75. The molecule has 1 aliphatic heterocycles. The highest BCUT2D eigenvalue weighted by Crippen LogP contribution is 2.34. The molecule has 1 fully saturated rings. The summed E-state index contributed by atoms with van der Waals surface area (Å²) in [6.07, 6.45) is 3.16. The normalized spacial score (nSPS) is 21.3. The van der Waals surface area contributed by atoms with E-state index in [-0.39, 0.29) is 10.9 Å². The highest BCUT2D eigenvalue weighted by atomic mass is 79.9. The second-order valence-corrected chi connectivity index (χ2v) is 10.1. The summed E-state index contributed by atoms with van der Waals surface area (Å²) in [5, 5.41) is 15.4. The van der Waals surface area contributed by atoms with Crippen LogP contribution in [0.3, 0.4) is 0 Å². The predicted octanol–water partition coefficient (Wildman–Crippen LogP) is 2.18. The van der Waals surface area contributed by atoms with Crippen molar-refractivity contribution in [3.8, 4) is 0 Å². The number of pyridine rings is 1. The van der Waals surface area contributed by atoms with Crippen molar-refractivity contribution in [3.63, 3.8) is 0 Å². The van der Waals surface area contributed by atoms with Crippen LogP contribution >= 0.6 is 15.9 Å². The summed E-state index contributed by atoms with van der Waals surface area (Å²) in [5.74, 6) is 0.441. The van der Waals surface area contributed by atoms with Gasteiger partial charge in [0.05, 0.1) is 34.0 Å². The Balaban J connectivity index is 2.06. The van der Waals surface area contributed by atoms with Gasteiger partial charge in [0.15, 0.2) is 0 Å². The third kappa shape index (κ3) is 3.19. The van der Waals surface area contributed by atoms with Gasteiger partial charge in [-0.25, -0.2) is 22.9 Å². The van der Waals surface area contributed by atoms with Gasteiger partial charge in [0.2, 0.25) is 15.0 Å². The zero-order valence-corrected chi connectivity index (χ0v) is 17.5. The molecular weight excluding hydrogens is 434 g/mol. The quantitative estimate of drug-likeness (QED) is 0.478. The molecule has 0 aromatic carbocycles. The number of fused-ring (bicyclic) bond motifs is 3. The molecule has 144 valence electrons. The number of hydrogen-bond acceptors (Lipinski definition) is 7. The van der Waals surface area contributed by atoms with Crippen LogP contribution in [0.5, 0.6) is 0 Å². The number of hydrogen-bond donors (Lipinski definition) is 1. The van der Waals surface area contributed by atoms with Crippen LogP contribution in [0.4, 0.5) is 5.82 Å². The van der Waals surface area contributed by atoms with Crippen LogP contribution in [-0.4, -0.2) is 57.5 Å². The minimum absolute atomic E-state index is 0.0776. The van der Waals surface area contributed by atoms with Crippen LogP contribution in [-0.2, 0) is 9.84 Å². The van der Waals surface area contributed by atoms with E-state index in [1.165, 1.54) is 0 Å². The molecule has 0 spiro atoms. The number of piperidine rings is 1. The van der Waals surface area contributed by atoms with Crippen molar-refractivity contribution in [1.29, 1.82) is 0 Å². The van der Waals surface area contributed by atoms with Crippen LogP contribution in [0.2, 0.25) is 0 Å². The lowest BCUT2D eigenvalue weighted by molar-refractivity contribution is 0.0447. The maximum Gasteiger partial charge on any atom is 0.249 e. The molecule has 10 heteroatoms. The molecule has 0 radical (unpaired) electrons. The summed E-state index contributed by atoms with van der Waals surface area (Å²) in [6, 6.07) is 3.59. The lowest BCUT2D eigenvalue weighted by atomic mass is 9.95. The Hall–Kier alpha value is -1.78. The molecule has 0 amide bonds. The van der Waals surface area contributed by atoms with E-state index in [4.69, 9.17) is 0 Å². The highest BCUT2D eigenvalue weighted by molar-refractivity contribution is 9.10. The van der Waals surface area contributed by atoms with Gasteiger partial charge >= 0.3 is 0 Å². The predicted molar refractivity (Wildman–Crippen MR) is 106 cm³/mol. The van der Waals surface area contributed by atoms with E-state index >= 15 is 0 Å². The Morgan fingerprint density at radius 1 is 1.37 bits per heavy atom. The van der Waals surface area contributed by atoms with Gasteiger partial charge < -0.3 is 10.0 Å². The molecule has 3 aromatic rings. The molecule has 8 nitrogen and oxygen atoms in total. The van der Waals surface area contributed by atoms with Gasteiger partial charge in [-0.1, -0.05) is 6.92 Å². The van der Waals surface area contributed by atoms with Gasteiger partial charge in [0, 0.05) is 13.1 Å². The lowest BCUT2D eigenvalue weighted by Crippen LogP contribution is -2.46. The topological polar surface area (TPSA) is 101 Å². The molecule has 4 rings (SSSR count). The zero-order valence-electron chi connectivity index (χ0n) is 15.1. The Labute approximate surface area is 165 Å². The van der Waals surface area contributed by atoms with Gasteiger partial charge in [-0.05, 0) is 47.8 Å². The van der Waals surface area contributed by atoms with Gasteiger partial charge in [-0.2, -0.15) is 5.10 Å². The van der Waals surface area contributed by atoms with Crippen LogP contribution < -0.4 is 4.90 Å². The van der Waals surface area contributed by atoms with Crippen molar-refractivity contribution in [2.45, 2.75) is 37.4 Å². The number of aliphatic hydroxyl groups is 1. The summed E-state index contributed by atoms with van der Waals surface area (Å²) in [7, 11) is -3.58. The van der Waals surface area contributed by atoms with E-state index in [1.807, 2.05) is 11.0 Å². The van der Waals surface area contributed by atoms with Crippen LogP contribution in [0, 0.1) is 0 Å². The molecular formula is C17H20BrN5O3S. The number of aromatic nitrogens is 4. The minimum Gasteiger partial charge on any atom is -0.388 e. The minimum atomic E-state index is -3.58. The first-order chi connectivity index (χ1) is 12.7. The van der Waals surface area contributed by atoms with Crippen molar-refractivity contribution in [2.75, 3.05) is 23.7 Å². The maximum atomic E-state index is 12.5. The summed E-state index contributed by atoms with van der Waals surface area (Å²) in [4.78, 5) is 10.7. The third-order valence-corrected chi connectivity index (χ3v) is 6.95. The maximum absolute atomic E-state index is 12.5. The van der Waals surface area contributed by atoms with E-state index < -0.39 is 15.4 Å². The first-order valence-electron chi connectivity index (χ1n) is 8.76. The second-order valence-electron chi connectivity index (χ2n) is 7.11. The van der Waals surface area contributed by atoms with Crippen molar-refractivity contribution < 1.29 is 13.5 Å². The van der Waals surface area contributed by atoms with Crippen LogP contribution in [0.1, 0.15) is 26.7 Å². The number of halogens is 1. The van der Waals surface area contributed by atoms with E-state index in [1.54, 1.807) is 30.6 Å². The number of anilines is 1. The fourth-order valence-electron chi connectivity index (χ4n) is 3.53. The Morgan fingerprint density at radius 2 is 2.15 bits per heavy atom. The molecule has 0 bridgehead atoms. The van der Waals surface area contributed by atoms with Gasteiger partial charge in [0.25, 0.3) is 0 Å². The monoisotopic (exact) mass is 453 g/mol. The molecule has 1 saturated heterocycles. The molecule has 4 heterocycles. The van der Waals surface area contributed by atoms with Crippen molar-refractivity contribution in [3.05, 3.63) is 22.9 Å². The van der Waals surface area contributed by atoms with E-state index in [0.717, 1.165) is 17.3 Å². The molecule has 3 aromatic heterocycles. The number of sulfone groups is 1. The molecule has 1 N–H and O–H groups in total. The summed E-state index contributed by atoms with van der Waals surface area (Å²) in [5.41, 5.74) is 0.447. The Morgan fingerprint density at radius 3 is 2.85 bits per heavy atom. The fraction of sp³-hybridized carbons (Fsp3) is 0.471. The van der Waals surface area contributed by atoms with E-state index in [9.17, 15) is 13.5 Å². The van der Waals surface area contributed by atoms with Gasteiger partial charge in [-0.15, -0.1) is 0 Å². The number of nitrogens with zero attached hydrogens (tertiary/aromatic N) is 5. The summed E-state index contributed by atoms with van der Waals surface area (Å²) < 4.78 is 27.4. The average molecular weight is 454 g/mol. The summed E-state index contributed by atoms with van der Waals surface area (Å²) in [6.45, 7) is 4.42. The SMILES string of the molecule is CCS(=O)(=O)c1nc(N2CCC[C@@](C)(O)C2)c2c(cc(Br)n3nccc23)n1. The van der Waals surface area contributed by atoms with E-state index in [0.29, 0.717) is 35.4 Å². The van der Waals surface area contributed by atoms with Gasteiger partial charge in [0.1, 0.15) is 10.4 Å². The molecule has 0 unspecified atom stereocenters. The highest BCUT2D eigenvalue weighted by Gasteiger charge is 2.32. The molecule has 0 saturated carbocycles. The molecule has 1 atom stereocenters. The molecule has 27 heavy (non-hydrogen) atoms. The van der Waals surface area contributed by atoms with E-state index in [2.05, 4.69) is 31.0 Å². The van der Waals surface area contributed by atoms with Crippen molar-refractivity contribution in [2.24, 2.45) is 0 Å².